The molecule has 2 rings (SSSR count). The van der Waals surface area contributed by atoms with Crippen molar-refractivity contribution in [2.24, 2.45) is 11.8 Å². The Bertz CT molecular complexity index is 493. The van der Waals surface area contributed by atoms with Gasteiger partial charge in [-0.1, -0.05) is 27.7 Å². The second-order valence-electron chi connectivity index (χ2n) is 6.94. The van der Waals surface area contributed by atoms with Gasteiger partial charge in [-0.3, -0.25) is 4.79 Å². The zero-order chi connectivity index (χ0) is 16.1. The van der Waals surface area contributed by atoms with Gasteiger partial charge >= 0.3 is 0 Å². The molecule has 0 bridgehead atoms. The SMILES string of the molecule is CC(C)c1ncncc1C(=O)NCCN1C[C@H](C)C[C@H](C)C1. The van der Waals surface area contributed by atoms with Gasteiger partial charge in [-0.15, -0.1) is 0 Å². The topological polar surface area (TPSA) is 58.1 Å². The molecular weight excluding hydrogens is 276 g/mol. The van der Waals surface area contributed by atoms with Crippen molar-refractivity contribution in [2.45, 2.75) is 40.0 Å². The number of carbonyl (C=O) groups is 1. The van der Waals surface area contributed by atoms with Crippen molar-refractivity contribution >= 4 is 5.91 Å². The minimum Gasteiger partial charge on any atom is -0.351 e. The van der Waals surface area contributed by atoms with E-state index in [1.165, 1.54) is 12.7 Å². The van der Waals surface area contributed by atoms with Crippen molar-refractivity contribution < 1.29 is 4.79 Å². The maximum Gasteiger partial charge on any atom is 0.254 e. The molecule has 1 aromatic rings. The van der Waals surface area contributed by atoms with E-state index in [2.05, 4.69) is 34.0 Å². The summed E-state index contributed by atoms with van der Waals surface area (Å²) in [4.78, 5) is 23.0. The zero-order valence-electron chi connectivity index (χ0n) is 14.2. The van der Waals surface area contributed by atoms with Crippen molar-refractivity contribution in [3.05, 3.63) is 23.8 Å². The van der Waals surface area contributed by atoms with Gasteiger partial charge in [-0.25, -0.2) is 9.97 Å². The fourth-order valence-electron chi connectivity index (χ4n) is 3.37. The largest absolute Gasteiger partial charge is 0.351 e. The Morgan fingerprint density at radius 3 is 2.68 bits per heavy atom. The molecule has 2 atom stereocenters. The molecule has 5 heteroatoms. The molecule has 2 heterocycles. The molecule has 1 fully saturated rings. The lowest BCUT2D eigenvalue weighted by atomic mass is 9.92. The van der Waals surface area contributed by atoms with Crippen LogP contribution in [0, 0.1) is 11.8 Å². The number of aromatic nitrogens is 2. The monoisotopic (exact) mass is 304 g/mol. The van der Waals surface area contributed by atoms with Crippen LogP contribution in [0.4, 0.5) is 0 Å². The van der Waals surface area contributed by atoms with Crippen molar-refractivity contribution in [1.82, 2.24) is 20.2 Å². The second kappa shape index (κ2) is 7.68. The van der Waals surface area contributed by atoms with Crippen LogP contribution in [0.5, 0.6) is 0 Å². The highest BCUT2D eigenvalue weighted by atomic mass is 16.1. The molecule has 5 nitrogen and oxygen atoms in total. The summed E-state index contributed by atoms with van der Waals surface area (Å²) in [5.41, 5.74) is 1.41. The quantitative estimate of drug-likeness (QED) is 0.907. The molecule has 1 amide bonds. The molecule has 1 N–H and O–H groups in total. The smallest absolute Gasteiger partial charge is 0.254 e. The third-order valence-electron chi connectivity index (χ3n) is 4.19. The molecule has 1 saturated heterocycles. The van der Waals surface area contributed by atoms with Crippen LogP contribution >= 0.6 is 0 Å². The summed E-state index contributed by atoms with van der Waals surface area (Å²) in [6.45, 7) is 12.5. The Morgan fingerprint density at radius 2 is 2.05 bits per heavy atom. The maximum absolute atomic E-state index is 12.3. The van der Waals surface area contributed by atoms with Crippen LogP contribution < -0.4 is 5.32 Å². The van der Waals surface area contributed by atoms with Crippen molar-refractivity contribution in [1.29, 1.82) is 0 Å². The average molecular weight is 304 g/mol. The van der Waals surface area contributed by atoms with E-state index in [1.54, 1.807) is 6.20 Å². The van der Waals surface area contributed by atoms with Crippen LogP contribution in [0.2, 0.25) is 0 Å². The number of nitrogens with zero attached hydrogens (tertiary/aromatic N) is 3. The Morgan fingerprint density at radius 1 is 1.36 bits per heavy atom. The Labute approximate surface area is 133 Å². The van der Waals surface area contributed by atoms with Crippen LogP contribution in [0.1, 0.15) is 56.1 Å². The van der Waals surface area contributed by atoms with Crippen LogP contribution in [-0.4, -0.2) is 47.0 Å². The van der Waals surface area contributed by atoms with E-state index >= 15 is 0 Å². The minimum atomic E-state index is -0.0672. The Hall–Kier alpha value is -1.49. The highest BCUT2D eigenvalue weighted by Crippen LogP contribution is 2.20. The number of rotatable bonds is 5. The lowest BCUT2D eigenvalue weighted by molar-refractivity contribution is 0.0934. The number of piperidine rings is 1. The molecule has 122 valence electrons. The number of amides is 1. The molecule has 1 aliphatic rings. The first-order chi connectivity index (χ1) is 10.5. The molecule has 0 aromatic carbocycles. The van der Waals surface area contributed by atoms with Crippen LogP contribution in [-0.2, 0) is 0 Å². The molecular formula is C17H28N4O. The lowest BCUT2D eigenvalue weighted by Crippen LogP contribution is -2.43. The summed E-state index contributed by atoms with van der Waals surface area (Å²) >= 11 is 0. The number of carbonyl (C=O) groups excluding carboxylic acids is 1. The number of likely N-dealkylation sites (tertiary alicyclic amines) is 1. The van der Waals surface area contributed by atoms with E-state index in [4.69, 9.17) is 0 Å². The van der Waals surface area contributed by atoms with Crippen LogP contribution in [0.3, 0.4) is 0 Å². The molecule has 1 aromatic heterocycles. The van der Waals surface area contributed by atoms with Crippen LogP contribution in [0.15, 0.2) is 12.5 Å². The van der Waals surface area contributed by atoms with Gasteiger partial charge in [0, 0.05) is 32.4 Å². The Balaban J connectivity index is 1.86. The summed E-state index contributed by atoms with van der Waals surface area (Å²) < 4.78 is 0. The maximum atomic E-state index is 12.3. The highest BCUT2D eigenvalue weighted by molar-refractivity contribution is 5.95. The molecule has 0 saturated carbocycles. The summed E-state index contributed by atoms with van der Waals surface area (Å²) in [5.74, 6) is 1.64. The van der Waals surface area contributed by atoms with E-state index in [1.807, 2.05) is 13.8 Å². The fraction of sp³-hybridized carbons (Fsp3) is 0.706. The van der Waals surface area contributed by atoms with E-state index in [0.29, 0.717) is 12.1 Å². The van der Waals surface area contributed by atoms with Gasteiger partial charge in [0.25, 0.3) is 5.91 Å². The zero-order valence-corrected chi connectivity index (χ0v) is 14.2. The van der Waals surface area contributed by atoms with Gasteiger partial charge in [-0.2, -0.15) is 0 Å². The molecule has 0 aliphatic carbocycles. The first-order valence-corrected chi connectivity index (χ1v) is 8.27. The first kappa shape index (κ1) is 16.9. The van der Waals surface area contributed by atoms with Gasteiger partial charge in [-0.05, 0) is 24.2 Å². The van der Waals surface area contributed by atoms with Crippen molar-refractivity contribution in [3.8, 4) is 0 Å². The molecule has 22 heavy (non-hydrogen) atoms. The first-order valence-electron chi connectivity index (χ1n) is 8.27. The summed E-state index contributed by atoms with van der Waals surface area (Å²) in [6.07, 6.45) is 4.42. The number of hydrogen-bond acceptors (Lipinski definition) is 4. The summed E-state index contributed by atoms with van der Waals surface area (Å²) in [7, 11) is 0. The third kappa shape index (κ3) is 4.50. The predicted octanol–water partition coefficient (Wildman–Crippen LogP) is 2.31. The number of nitrogens with one attached hydrogen (secondary N) is 1. The normalized spacial score (nSPS) is 22.8. The molecule has 0 radical (unpaired) electrons. The van der Waals surface area contributed by atoms with E-state index in [-0.39, 0.29) is 11.8 Å². The van der Waals surface area contributed by atoms with Crippen molar-refractivity contribution in [3.63, 3.8) is 0 Å². The fourth-order valence-corrected chi connectivity index (χ4v) is 3.37. The molecule has 0 spiro atoms. The van der Waals surface area contributed by atoms with Crippen molar-refractivity contribution in [2.75, 3.05) is 26.2 Å². The number of hydrogen-bond donors (Lipinski definition) is 1. The molecule has 0 unspecified atom stereocenters. The van der Waals surface area contributed by atoms with Crippen LogP contribution in [0.25, 0.3) is 0 Å². The van der Waals surface area contributed by atoms with Gasteiger partial charge in [0.1, 0.15) is 6.33 Å². The lowest BCUT2D eigenvalue weighted by Gasteiger charge is -2.34. The minimum absolute atomic E-state index is 0.0672. The van der Waals surface area contributed by atoms with E-state index < -0.39 is 0 Å². The van der Waals surface area contributed by atoms with E-state index in [0.717, 1.165) is 37.2 Å². The summed E-state index contributed by atoms with van der Waals surface area (Å²) in [5, 5.41) is 3.01. The third-order valence-corrected chi connectivity index (χ3v) is 4.19. The van der Waals surface area contributed by atoms with Gasteiger partial charge < -0.3 is 10.2 Å². The van der Waals surface area contributed by atoms with E-state index in [9.17, 15) is 4.79 Å². The molecule has 1 aliphatic heterocycles. The summed E-state index contributed by atoms with van der Waals surface area (Å²) in [6, 6.07) is 0. The highest BCUT2D eigenvalue weighted by Gasteiger charge is 2.21. The standard InChI is InChI=1S/C17H28N4O/c1-12(2)16-15(8-18-11-20-16)17(22)19-5-6-21-9-13(3)7-14(4)10-21/h8,11-14H,5-7,9-10H2,1-4H3,(H,19,22)/t13-,14+. The average Bonchev–Trinajstić information content (AvgIpc) is 2.46. The van der Waals surface area contributed by atoms with Gasteiger partial charge in [0.2, 0.25) is 0 Å². The Kier molecular flexibility index (Phi) is 5.89. The van der Waals surface area contributed by atoms with Gasteiger partial charge in [0.05, 0.1) is 11.3 Å². The predicted molar refractivity (Wildman–Crippen MR) is 87.8 cm³/mol. The second-order valence-corrected chi connectivity index (χ2v) is 6.94. The van der Waals surface area contributed by atoms with Gasteiger partial charge in [0.15, 0.2) is 0 Å².